The molecule has 0 amide bonds. The highest BCUT2D eigenvalue weighted by Crippen LogP contribution is 2.13. The number of piperidine rings is 1. The van der Waals surface area contributed by atoms with Gasteiger partial charge < -0.3 is 5.32 Å². The fourth-order valence-corrected chi connectivity index (χ4v) is 3.31. The van der Waals surface area contributed by atoms with Crippen LogP contribution in [0.4, 0.5) is 0 Å². The molecular formula is C12H16ClN3O2S. The second kappa shape index (κ2) is 6.87. The van der Waals surface area contributed by atoms with E-state index in [9.17, 15) is 8.42 Å². The Labute approximate surface area is 119 Å². The topological polar surface area (TPSA) is 82.0 Å². The normalized spacial score (nSPS) is 16.4. The molecule has 1 fully saturated rings. The van der Waals surface area contributed by atoms with Gasteiger partial charge in [-0.05, 0) is 44.1 Å². The summed E-state index contributed by atoms with van der Waals surface area (Å²) in [5.41, 5.74) is 0.350. The number of nitrogens with one attached hydrogen (secondary N) is 2. The van der Waals surface area contributed by atoms with E-state index in [1.165, 1.54) is 12.1 Å². The monoisotopic (exact) mass is 301 g/mol. The fraction of sp³-hybridized carbons (Fsp3) is 0.417. The molecule has 19 heavy (non-hydrogen) atoms. The zero-order valence-electron chi connectivity index (χ0n) is 10.3. The Morgan fingerprint density at radius 1 is 1.32 bits per heavy atom. The number of nitrogens with zero attached hydrogens (tertiary/aromatic N) is 1. The Balaban J connectivity index is 0.00000180. The molecule has 2 rings (SSSR count). The van der Waals surface area contributed by atoms with Crippen LogP contribution in [-0.2, 0) is 10.0 Å². The zero-order chi connectivity index (χ0) is 13.0. The van der Waals surface area contributed by atoms with Gasteiger partial charge >= 0.3 is 0 Å². The molecule has 0 atom stereocenters. The van der Waals surface area contributed by atoms with Crippen LogP contribution in [0.25, 0.3) is 0 Å². The van der Waals surface area contributed by atoms with Crippen molar-refractivity contribution >= 4 is 22.4 Å². The molecule has 1 saturated heterocycles. The zero-order valence-corrected chi connectivity index (χ0v) is 11.9. The van der Waals surface area contributed by atoms with Crippen molar-refractivity contribution in [2.24, 2.45) is 0 Å². The lowest BCUT2D eigenvalue weighted by molar-refractivity contribution is 0.427. The predicted molar refractivity (Wildman–Crippen MR) is 74.6 cm³/mol. The van der Waals surface area contributed by atoms with Gasteiger partial charge in [0.25, 0.3) is 0 Å². The molecule has 1 aliphatic heterocycles. The third-order valence-corrected chi connectivity index (χ3v) is 4.45. The Morgan fingerprint density at radius 2 is 2.00 bits per heavy atom. The summed E-state index contributed by atoms with van der Waals surface area (Å²) in [4.78, 5) is 0.153. The second-order valence-corrected chi connectivity index (χ2v) is 6.00. The first-order chi connectivity index (χ1) is 8.62. The number of hydrogen-bond acceptors (Lipinski definition) is 4. The number of rotatable bonds is 3. The molecule has 0 aliphatic carbocycles. The van der Waals surface area contributed by atoms with Crippen LogP contribution in [0, 0.1) is 11.3 Å². The Bertz CT molecular complexity index is 563. The van der Waals surface area contributed by atoms with Gasteiger partial charge in [-0.25, -0.2) is 13.1 Å². The van der Waals surface area contributed by atoms with Crippen molar-refractivity contribution in [3.05, 3.63) is 29.8 Å². The lowest BCUT2D eigenvalue weighted by atomic mass is 10.1. The van der Waals surface area contributed by atoms with Crippen LogP contribution in [0.1, 0.15) is 18.4 Å². The average molecular weight is 302 g/mol. The van der Waals surface area contributed by atoms with Gasteiger partial charge in [-0.3, -0.25) is 0 Å². The summed E-state index contributed by atoms with van der Waals surface area (Å²) in [6.07, 6.45) is 1.58. The summed E-state index contributed by atoms with van der Waals surface area (Å²) in [5, 5.41) is 12.0. The maximum atomic E-state index is 12.1. The molecule has 5 nitrogen and oxygen atoms in total. The van der Waals surface area contributed by atoms with Crippen molar-refractivity contribution in [1.82, 2.24) is 10.0 Å². The van der Waals surface area contributed by atoms with Gasteiger partial charge in [-0.2, -0.15) is 5.26 Å². The number of benzene rings is 1. The third kappa shape index (κ3) is 4.18. The lowest BCUT2D eigenvalue weighted by Crippen LogP contribution is -2.42. The smallest absolute Gasteiger partial charge is 0.240 e. The number of sulfonamides is 1. The summed E-state index contributed by atoms with van der Waals surface area (Å²) in [6.45, 7) is 1.65. The quantitative estimate of drug-likeness (QED) is 0.873. The Hall–Kier alpha value is -1.13. The van der Waals surface area contributed by atoms with Crippen LogP contribution in [0.15, 0.2) is 29.2 Å². The van der Waals surface area contributed by atoms with Crippen LogP contribution >= 0.6 is 12.4 Å². The van der Waals surface area contributed by atoms with E-state index in [0.29, 0.717) is 5.56 Å². The molecule has 1 heterocycles. The number of halogens is 1. The van der Waals surface area contributed by atoms with Crippen LogP contribution in [0.5, 0.6) is 0 Å². The van der Waals surface area contributed by atoms with Gasteiger partial charge in [-0.15, -0.1) is 12.4 Å². The van der Waals surface area contributed by atoms with Crippen LogP contribution in [0.2, 0.25) is 0 Å². The van der Waals surface area contributed by atoms with E-state index < -0.39 is 10.0 Å². The first-order valence-electron chi connectivity index (χ1n) is 5.85. The first-order valence-corrected chi connectivity index (χ1v) is 7.33. The van der Waals surface area contributed by atoms with E-state index in [-0.39, 0.29) is 23.3 Å². The molecule has 104 valence electrons. The maximum Gasteiger partial charge on any atom is 0.240 e. The van der Waals surface area contributed by atoms with E-state index >= 15 is 0 Å². The minimum atomic E-state index is -3.52. The van der Waals surface area contributed by atoms with E-state index in [4.69, 9.17) is 5.26 Å². The van der Waals surface area contributed by atoms with Crippen LogP contribution in [0.3, 0.4) is 0 Å². The standard InChI is InChI=1S/C12H15N3O2S.ClH/c13-9-10-2-1-3-12(8-10)18(16,17)15-11-4-6-14-7-5-11;/h1-3,8,11,14-15H,4-7H2;1H. The van der Waals surface area contributed by atoms with Crippen molar-refractivity contribution in [2.75, 3.05) is 13.1 Å². The van der Waals surface area contributed by atoms with Crippen molar-refractivity contribution < 1.29 is 8.42 Å². The van der Waals surface area contributed by atoms with E-state index in [1.807, 2.05) is 6.07 Å². The Kier molecular flexibility index (Phi) is 5.76. The number of hydrogen-bond donors (Lipinski definition) is 2. The Morgan fingerprint density at radius 3 is 2.63 bits per heavy atom. The van der Waals surface area contributed by atoms with E-state index in [2.05, 4.69) is 10.0 Å². The average Bonchev–Trinajstić information content (AvgIpc) is 2.39. The molecule has 2 N–H and O–H groups in total. The highest BCUT2D eigenvalue weighted by Gasteiger charge is 2.21. The van der Waals surface area contributed by atoms with Crippen LogP contribution in [-0.4, -0.2) is 27.5 Å². The fourth-order valence-electron chi connectivity index (χ4n) is 1.96. The van der Waals surface area contributed by atoms with E-state index in [1.54, 1.807) is 12.1 Å². The molecule has 1 aromatic carbocycles. The van der Waals surface area contributed by atoms with Crippen molar-refractivity contribution in [3.8, 4) is 6.07 Å². The van der Waals surface area contributed by atoms with Crippen molar-refractivity contribution in [3.63, 3.8) is 0 Å². The minimum Gasteiger partial charge on any atom is -0.317 e. The first kappa shape index (κ1) is 15.9. The van der Waals surface area contributed by atoms with Gasteiger partial charge in [0.15, 0.2) is 0 Å². The lowest BCUT2D eigenvalue weighted by Gasteiger charge is -2.23. The molecule has 7 heteroatoms. The van der Waals surface area contributed by atoms with Gasteiger partial charge in [-0.1, -0.05) is 6.07 Å². The summed E-state index contributed by atoms with van der Waals surface area (Å²) in [5.74, 6) is 0. The molecule has 0 unspecified atom stereocenters. The molecular weight excluding hydrogens is 286 g/mol. The SMILES string of the molecule is Cl.N#Cc1cccc(S(=O)(=O)NC2CCNCC2)c1. The molecule has 0 saturated carbocycles. The van der Waals surface area contributed by atoms with Gasteiger partial charge in [0.05, 0.1) is 16.5 Å². The predicted octanol–water partition coefficient (Wildman–Crippen LogP) is 1.01. The summed E-state index contributed by atoms with van der Waals surface area (Å²) in [7, 11) is -3.52. The highest BCUT2D eigenvalue weighted by atomic mass is 35.5. The summed E-state index contributed by atoms with van der Waals surface area (Å²) < 4.78 is 26.9. The molecule has 0 bridgehead atoms. The highest BCUT2D eigenvalue weighted by molar-refractivity contribution is 7.89. The maximum absolute atomic E-state index is 12.1. The largest absolute Gasteiger partial charge is 0.317 e. The molecule has 0 aromatic heterocycles. The van der Waals surface area contributed by atoms with Gasteiger partial charge in [0.1, 0.15) is 0 Å². The summed E-state index contributed by atoms with van der Waals surface area (Å²) >= 11 is 0. The van der Waals surface area contributed by atoms with Crippen LogP contribution < -0.4 is 10.0 Å². The van der Waals surface area contributed by atoms with Gasteiger partial charge in [0, 0.05) is 6.04 Å². The summed E-state index contributed by atoms with van der Waals surface area (Å²) in [6, 6.07) is 7.98. The van der Waals surface area contributed by atoms with E-state index in [0.717, 1.165) is 25.9 Å². The van der Waals surface area contributed by atoms with Crippen molar-refractivity contribution in [1.29, 1.82) is 5.26 Å². The minimum absolute atomic E-state index is 0. The van der Waals surface area contributed by atoms with Gasteiger partial charge in [0.2, 0.25) is 10.0 Å². The molecule has 1 aromatic rings. The molecule has 1 aliphatic rings. The van der Waals surface area contributed by atoms with Crippen molar-refractivity contribution in [2.45, 2.75) is 23.8 Å². The molecule has 0 spiro atoms. The number of nitriles is 1. The second-order valence-electron chi connectivity index (χ2n) is 4.29. The molecule has 0 radical (unpaired) electrons. The third-order valence-electron chi connectivity index (χ3n) is 2.93.